The van der Waals surface area contributed by atoms with Crippen LogP contribution in [0.5, 0.6) is 0 Å². The van der Waals surface area contributed by atoms with Crippen molar-refractivity contribution in [1.82, 2.24) is 0 Å². The lowest BCUT2D eigenvalue weighted by Gasteiger charge is -2.33. The number of aliphatic hydroxyl groups excluding tert-OH is 1. The zero-order chi connectivity index (χ0) is 14.2. The van der Waals surface area contributed by atoms with Gasteiger partial charge in [-0.05, 0) is 41.7 Å². The van der Waals surface area contributed by atoms with Crippen molar-refractivity contribution in [2.75, 3.05) is 6.54 Å². The summed E-state index contributed by atoms with van der Waals surface area (Å²) in [5.41, 5.74) is 9.20. The van der Waals surface area contributed by atoms with Gasteiger partial charge >= 0.3 is 0 Å². The Kier molecular flexibility index (Phi) is 3.55. The molecular weight excluding hydrogens is 270 g/mol. The van der Waals surface area contributed by atoms with E-state index in [4.69, 9.17) is 17.3 Å². The SMILES string of the molecule is NCC1(C(O)c2ccc(Cl)cc2)Cc2ccccc2C1. The first-order valence-corrected chi connectivity index (χ1v) is 7.23. The maximum atomic E-state index is 10.8. The van der Waals surface area contributed by atoms with Crippen LogP contribution in [-0.4, -0.2) is 11.7 Å². The van der Waals surface area contributed by atoms with Crippen LogP contribution in [0, 0.1) is 5.41 Å². The van der Waals surface area contributed by atoms with Gasteiger partial charge in [-0.3, -0.25) is 0 Å². The largest absolute Gasteiger partial charge is 0.388 e. The Balaban J connectivity index is 1.93. The van der Waals surface area contributed by atoms with Gasteiger partial charge in [0.25, 0.3) is 0 Å². The fourth-order valence-electron chi connectivity index (χ4n) is 3.17. The zero-order valence-electron chi connectivity index (χ0n) is 11.2. The van der Waals surface area contributed by atoms with Gasteiger partial charge < -0.3 is 10.8 Å². The molecule has 2 nitrogen and oxygen atoms in total. The van der Waals surface area contributed by atoms with Crippen molar-refractivity contribution in [2.24, 2.45) is 11.1 Å². The molecule has 3 N–H and O–H groups in total. The summed E-state index contributed by atoms with van der Waals surface area (Å²) in [5.74, 6) is 0. The van der Waals surface area contributed by atoms with E-state index in [0.717, 1.165) is 18.4 Å². The van der Waals surface area contributed by atoms with Gasteiger partial charge in [0.1, 0.15) is 0 Å². The predicted molar refractivity (Wildman–Crippen MR) is 81.7 cm³/mol. The Morgan fingerprint density at radius 2 is 1.60 bits per heavy atom. The van der Waals surface area contributed by atoms with Crippen LogP contribution in [0.15, 0.2) is 48.5 Å². The lowest BCUT2D eigenvalue weighted by molar-refractivity contribution is 0.0358. The molecule has 1 aliphatic rings. The first-order chi connectivity index (χ1) is 9.64. The van der Waals surface area contributed by atoms with Crippen molar-refractivity contribution >= 4 is 11.6 Å². The molecular formula is C17H18ClNO. The van der Waals surface area contributed by atoms with E-state index in [9.17, 15) is 5.11 Å². The summed E-state index contributed by atoms with van der Waals surface area (Å²) >= 11 is 5.91. The number of benzene rings is 2. The lowest BCUT2D eigenvalue weighted by atomic mass is 9.76. The van der Waals surface area contributed by atoms with Crippen LogP contribution < -0.4 is 5.73 Å². The highest BCUT2D eigenvalue weighted by Gasteiger charge is 2.42. The number of rotatable bonds is 3. The van der Waals surface area contributed by atoms with Gasteiger partial charge in [-0.1, -0.05) is 48.0 Å². The van der Waals surface area contributed by atoms with E-state index in [1.807, 2.05) is 36.4 Å². The molecule has 2 aromatic rings. The topological polar surface area (TPSA) is 46.2 Å². The summed E-state index contributed by atoms with van der Waals surface area (Å²) in [7, 11) is 0. The Hall–Kier alpha value is -1.35. The molecule has 20 heavy (non-hydrogen) atoms. The Morgan fingerprint density at radius 1 is 1.05 bits per heavy atom. The molecule has 2 aromatic carbocycles. The second kappa shape index (κ2) is 5.21. The average molecular weight is 288 g/mol. The van der Waals surface area contributed by atoms with E-state index in [-0.39, 0.29) is 5.41 Å². The second-order valence-electron chi connectivity index (χ2n) is 5.64. The number of hydrogen-bond donors (Lipinski definition) is 2. The Labute approximate surface area is 124 Å². The van der Waals surface area contributed by atoms with E-state index in [2.05, 4.69) is 12.1 Å². The minimum absolute atomic E-state index is 0.308. The van der Waals surface area contributed by atoms with Crippen molar-refractivity contribution < 1.29 is 5.11 Å². The highest BCUT2D eigenvalue weighted by molar-refractivity contribution is 6.30. The molecule has 0 radical (unpaired) electrons. The van der Waals surface area contributed by atoms with Crippen LogP contribution in [0.4, 0.5) is 0 Å². The number of nitrogens with two attached hydrogens (primary N) is 1. The van der Waals surface area contributed by atoms with Crippen molar-refractivity contribution in [3.63, 3.8) is 0 Å². The van der Waals surface area contributed by atoms with E-state index in [1.165, 1.54) is 11.1 Å². The monoisotopic (exact) mass is 287 g/mol. The van der Waals surface area contributed by atoms with Crippen molar-refractivity contribution in [3.8, 4) is 0 Å². The molecule has 0 amide bonds. The average Bonchev–Trinajstić information content (AvgIpc) is 2.87. The molecule has 0 aliphatic heterocycles. The highest BCUT2D eigenvalue weighted by atomic mass is 35.5. The third-order valence-corrected chi connectivity index (χ3v) is 4.63. The predicted octanol–water partition coefficient (Wildman–Crippen LogP) is 3.12. The molecule has 3 rings (SSSR count). The molecule has 3 heteroatoms. The van der Waals surface area contributed by atoms with Crippen LogP contribution in [0.25, 0.3) is 0 Å². The first kappa shape index (κ1) is 13.6. The second-order valence-corrected chi connectivity index (χ2v) is 6.08. The lowest BCUT2D eigenvalue weighted by Crippen LogP contribution is -2.37. The number of halogens is 1. The summed E-state index contributed by atoms with van der Waals surface area (Å²) in [6, 6.07) is 15.7. The molecule has 1 unspecified atom stereocenters. The van der Waals surface area contributed by atoms with Gasteiger partial charge in [-0.15, -0.1) is 0 Å². The molecule has 0 heterocycles. The van der Waals surface area contributed by atoms with Crippen molar-refractivity contribution in [2.45, 2.75) is 18.9 Å². The van der Waals surface area contributed by atoms with Crippen molar-refractivity contribution in [3.05, 3.63) is 70.2 Å². The van der Waals surface area contributed by atoms with Gasteiger partial charge in [-0.25, -0.2) is 0 Å². The molecule has 1 aliphatic carbocycles. The summed E-state index contributed by atoms with van der Waals surface area (Å²) in [4.78, 5) is 0. The van der Waals surface area contributed by atoms with Gasteiger partial charge in [0.15, 0.2) is 0 Å². The zero-order valence-corrected chi connectivity index (χ0v) is 12.0. The fraction of sp³-hybridized carbons (Fsp3) is 0.294. The van der Waals surface area contributed by atoms with Crippen LogP contribution >= 0.6 is 11.6 Å². The van der Waals surface area contributed by atoms with E-state index in [0.29, 0.717) is 11.6 Å². The minimum Gasteiger partial charge on any atom is -0.388 e. The van der Waals surface area contributed by atoms with Gasteiger partial charge in [0, 0.05) is 17.0 Å². The minimum atomic E-state index is -0.572. The molecule has 0 aromatic heterocycles. The molecule has 0 saturated heterocycles. The smallest absolute Gasteiger partial charge is 0.0864 e. The molecule has 104 valence electrons. The van der Waals surface area contributed by atoms with E-state index < -0.39 is 6.10 Å². The standard InChI is InChI=1S/C17H18ClNO/c18-15-7-5-12(6-8-15)16(20)17(11-19)9-13-3-1-2-4-14(13)10-17/h1-8,16,20H,9-11,19H2. The van der Waals surface area contributed by atoms with Crippen LogP contribution in [0.2, 0.25) is 5.02 Å². The number of fused-ring (bicyclic) bond motifs is 1. The summed E-state index contributed by atoms with van der Waals surface area (Å²) in [6.45, 7) is 0.464. The maximum absolute atomic E-state index is 10.8. The molecule has 0 saturated carbocycles. The normalized spacial score (nSPS) is 17.8. The van der Waals surface area contributed by atoms with Crippen LogP contribution in [-0.2, 0) is 12.8 Å². The third kappa shape index (κ3) is 2.24. The molecule has 0 fully saturated rings. The van der Waals surface area contributed by atoms with Crippen molar-refractivity contribution in [1.29, 1.82) is 0 Å². The van der Waals surface area contributed by atoms with Crippen LogP contribution in [0.1, 0.15) is 22.8 Å². The summed E-state index contributed by atoms with van der Waals surface area (Å²) in [5, 5.41) is 11.5. The van der Waals surface area contributed by atoms with Gasteiger partial charge in [0.2, 0.25) is 0 Å². The summed E-state index contributed by atoms with van der Waals surface area (Å²) < 4.78 is 0. The number of aliphatic hydroxyl groups is 1. The highest BCUT2D eigenvalue weighted by Crippen LogP contribution is 2.45. The molecule has 0 spiro atoms. The summed E-state index contributed by atoms with van der Waals surface area (Å²) in [6.07, 6.45) is 1.07. The Morgan fingerprint density at radius 3 is 2.10 bits per heavy atom. The first-order valence-electron chi connectivity index (χ1n) is 6.85. The van der Waals surface area contributed by atoms with Gasteiger partial charge in [0.05, 0.1) is 6.10 Å². The quantitative estimate of drug-likeness (QED) is 0.911. The maximum Gasteiger partial charge on any atom is 0.0864 e. The number of hydrogen-bond acceptors (Lipinski definition) is 2. The third-order valence-electron chi connectivity index (χ3n) is 4.38. The van der Waals surface area contributed by atoms with E-state index >= 15 is 0 Å². The van der Waals surface area contributed by atoms with Crippen LogP contribution in [0.3, 0.4) is 0 Å². The van der Waals surface area contributed by atoms with E-state index in [1.54, 1.807) is 0 Å². The molecule has 0 bridgehead atoms. The van der Waals surface area contributed by atoms with Gasteiger partial charge in [-0.2, -0.15) is 0 Å². The molecule has 1 atom stereocenters. The fourth-order valence-corrected chi connectivity index (χ4v) is 3.30. The Bertz CT molecular complexity index is 584.